The van der Waals surface area contributed by atoms with E-state index in [0.29, 0.717) is 19.0 Å². The molecule has 2 rings (SSSR count). The second kappa shape index (κ2) is 5.89. The summed E-state index contributed by atoms with van der Waals surface area (Å²) in [6.07, 6.45) is 5.99. The lowest BCUT2D eigenvalue weighted by molar-refractivity contribution is -0.121. The standard InChI is InChI=1S/C12H21N3O2/c16-11(14-10-4-5-10)6-7-13-12(17)15-8-2-1-3-9-15/h10H,1-9H2,(H,13,17)(H,14,16). The van der Waals surface area contributed by atoms with Gasteiger partial charge >= 0.3 is 6.03 Å². The van der Waals surface area contributed by atoms with Crippen molar-refractivity contribution in [3.8, 4) is 0 Å². The van der Waals surface area contributed by atoms with Crippen LogP contribution in [-0.4, -0.2) is 42.5 Å². The van der Waals surface area contributed by atoms with Gasteiger partial charge in [0, 0.05) is 32.1 Å². The summed E-state index contributed by atoms with van der Waals surface area (Å²) in [5, 5.41) is 5.71. The lowest BCUT2D eigenvalue weighted by Gasteiger charge is -2.26. The zero-order valence-corrected chi connectivity index (χ0v) is 10.2. The molecule has 0 aromatic heterocycles. The molecule has 0 aromatic carbocycles. The number of carbonyl (C=O) groups is 2. The maximum absolute atomic E-state index is 11.7. The average Bonchev–Trinajstić information content (AvgIpc) is 3.14. The second-order valence-electron chi connectivity index (χ2n) is 4.87. The SMILES string of the molecule is O=C(CCNC(=O)N1CCCCC1)NC1CC1. The van der Waals surface area contributed by atoms with E-state index in [4.69, 9.17) is 0 Å². The zero-order chi connectivity index (χ0) is 12.1. The van der Waals surface area contributed by atoms with Crippen LogP contribution < -0.4 is 10.6 Å². The van der Waals surface area contributed by atoms with Crippen molar-refractivity contribution >= 4 is 11.9 Å². The first-order valence-corrected chi connectivity index (χ1v) is 6.58. The maximum atomic E-state index is 11.7. The topological polar surface area (TPSA) is 61.4 Å². The van der Waals surface area contributed by atoms with E-state index in [2.05, 4.69) is 10.6 Å². The highest BCUT2D eigenvalue weighted by Gasteiger charge is 2.23. The Hall–Kier alpha value is -1.26. The Morgan fingerprint density at radius 1 is 1.12 bits per heavy atom. The van der Waals surface area contributed by atoms with E-state index in [9.17, 15) is 9.59 Å². The zero-order valence-electron chi connectivity index (χ0n) is 10.2. The molecule has 96 valence electrons. The van der Waals surface area contributed by atoms with E-state index >= 15 is 0 Å². The Morgan fingerprint density at radius 3 is 2.47 bits per heavy atom. The first-order chi connectivity index (χ1) is 8.25. The van der Waals surface area contributed by atoms with Gasteiger partial charge in [-0.3, -0.25) is 4.79 Å². The van der Waals surface area contributed by atoms with Crippen molar-refractivity contribution in [2.24, 2.45) is 0 Å². The van der Waals surface area contributed by atoms with Crippen molar-refractivity contribution in [3.05, 3.63) is 0 Å². The lowest BCUT2D eigenvalue weighted by Crippen LogP contribution is -2.43. The number of nitrogens with zero attached hydrogens (tertiary/aromatic N) is 1. The quantitative estimate of drug-likeness (QED) is 0.764. The fourth-order valence-electron chi connectivity index (χ4n) is 2.02. The van der Waals surface area contributed by atoms with Gasteiger partial charge in [0.2, 0.25) is 5.91 Å². The van der Waals surface area contributed by atoms with E-state index < -0.39 is 0 Å². The molecule has 5 nitrogen and oxygen atoms in total. The van der Waals surface area contributed by atoms with Crippen LogP contribution in [0.15, 0.2) is 0 Å². The van der Waals surface area contributed by atoms with Gasteiger partial charge in [0.05, 0.1) is 0 Å². The van der Waals surface area contributed by atoms with Gasteiger partial charge in [-0.2, -0.15) is 0 Å². The van der Waals surface area contributed by atoms with E-state index in [1.54, 1.807) is 0 Å². The van der Waals surface area contributed by atoms with E-state index in [1.807, 2.05) is 4.90 Å². The summed E-state index contributed by atoms with van der Waals surface area (Å²) >= 11 is 0. The Morgan fingerprint density at radius 2 is 1.82 bits per heavy atom. The number of carbonyl (C=O) groups excluding carboxylic acids is 2. The van der Waals surface area contributed by atoms with Crippen LogP contribution in [0.1, 0.15) is 38.5 Å². The third kappa shape index (κ3) is 4.24. The van der Waals surface area contributed by atoms with E-state index in [-0.39, 0.29) is 11.9 Å². The maximum Gasteiger partial charge on any atom is 0.317 e. The van der Waals surface area contributed by atoms with Gasteiger partial charge in [0.15, 0.2) is 0 Å². The second-order valence-corrected chi connectivity index (χ2v) is 4.87. The van der Waals surface area contributed by atoms with Gasteiger partial charge < -0.3 is 15.5 Å². The molecule has 0 aromatic rings. The highest BCUT2D eigenvalue weighted by atomic mass is 16.2. The minimum atomic E-state index is -0.0241. The number of nitrogens with one attached hydrogen (secondary N) is 2. The van der Waals surface area contributed by atoms with Crippen LogP contribution in [0.4, 0.5) is 4.79 Å². The molecule has 0 atom stereocenters. The normalized spacial score (nSPS) is 19.9. The Bertz CT molecular complexity index is 283. The summed E-state index contributed by atoms with van der Waals surface area (Å²) in [6.45, 7) is 2.13. The molecule has 5 heteroatoms. The molecular formula is C12H21N3O2. The molecule has 1 saturated heterocycles. The summed E-state index contributed by atoms with van der Waals surface area (Å²) < 4.78 is 0. The summed E-state index contributed by atoms with van der Waals surface area (Å²) in [7, 11) is 0. The summed E-state index contributed by atoms with van der Waals surface area (Å²) in [5.41, 5.74) is 0. The van der Waals surface area contributed by atoms with Gasteiger partial charge in [0.1, 0.15) is 0 Å². The molecule has 1 saturated carbocycles. The highest BCUT2D eigenvalue weighted by molar-refractivity contribution is 5.78. The lowest BCUT2D eigenvalue weighted by atomic mass is 10.1. The van der Waals surface area contributed by atoms with E-state index in [1.165, 1.54) is 6.42 Å². The van der Waals surface area contributed by atoms with Crippen molar-refractivity contribution < 1.29 is 9.59 Å². The number of hydrogen-bond acceptors (Lipinski definition) is 2. The Balaban J connectivity index is 1.56. The van der Waals surface area contributed by atoms with Crippen LogP contribution in [0.3, 0.4) is 0 Å². The van der Waals surface area contributed by atoms with Gasteiger partial charge in [-0.1, -0.05) is 0 Å². The number of rotatable bonds is 4. The Kier molecular flexibility index (Phi) is 4.23. The van der Waals surface area contributed by atoms with Gasteiger partial charge in [-0.05, 0) is 32.1 Å². The predicted molar refractivity (Wildman–Crippen MR) is 64.6 cm³/mol. The van der Waals surface area contributed by atoms with Crippen LogP contribution in [-0.2, 0) is 4.79 Å². The first kappa shape index (κ1) is 12.2. The number of amides is 3. The van der Waals surface area contributed by atoms with Crippen LogP contribution in [0.2, 0.25) is 0 Å². The molecule has 0 radical (unpaired) electrons. The number of piperidine rings is 1. The fourth-order valence-corrected chi connectivity index (χ4v) is 2.02. The van der Waals surface area contributed by atoms with Crippen molar-refractivity contribution in [2.45, 2.75) is 44.6 Å². The molecule has 0 bridgehead atoms. The Labute approximate surface area is 102 Å². The van der Waals surface area contributed by atoms with Crippen molar-refractivity contribution in [3.63, 3.8) is 0 Å². The predicted octanol–water partition coefficient (Wildman–Crippen LogP) is 0.851. The van der Waals surface area contributed by atoms with Crippen molar-refractivity contribution in [2.75, 3.05) is 19.6 Å². The highest BCUT2D eigenvalue weighted by Crippen LogP contribution is 2.18. The van der Waals surface area contributed by atoms with E-state index in [0.717, 1.165) is 38.8 Å². The monoisotopic (exact) mass is 239 g/mol. The van der Waals surface area contributed by atoms with Crippen LogP contribution in [0, 0.1) is 0 Å². The molecule has 1 aliphatic carbocycles. The average molecular weight is 239 g/mol. The van der Waals surface area contributed by atoms with Gasteiger partial charge in [-0.15, -0.1) is 0 Å². The molecule has 0 spiro atoms. The molecule has 3 amide bonds. The molecule has 2 N–H and O–H groups in total. The molecule has 1 aliphatic heterocycles. The van der Waals surface area contributed by atoms with Crippen LogP contribution >= 0.6 is 0 Å². The molecule has 1 heterocycles. The molecule has 17 heavy (non-hydrogen) atoms. The van der Waals surface area contributed by atoms with Crippen molar-refractivity contribution in [1.82, 2.24) is 15.5 Å². The fraction of sp³-hybridized carbons (Fsp3) is 0.833. The van der Waals surface area contributed by atoms with Crippen LogP contribution in [0.5, 0.6) is 0 Å². The van der Waals surface area contributed by atoms with Gasteiger partial charge in [-0.25, -0.2) is 4.79 Å². The van der Waals surface area contributed by atoms with Gasteiger partial charge in [0.25, 0.3) is 0 Å². The van der Waals surface area contributed by atoms with Crippen molar-refractivity contribution in [1.29, 1.82) is 0 Å². The summed E-state index contributed by atoms with van der Waals surface area (Å²) in [5.74, 6) is 0.0476. The minimum Gasteiger partial charge on any atom is -0.353 e. The summed E-state index contributed by atoms with van der Waals surface area (Å²) in [4.78, 5) is 24.9. The number of likely N-dealkylation sites (tertiary alicyclic amines) is 1. The number of urea groups is 1. The largest absolute Gasteiger partial charge is 0.353 e. The molecule has 2 fully saturated rings. The molecular weight excluding hydrogens is 218 g/mol. The molecule has 0 unspecified atom stereocenters. The number of hydrogen-bond donors (Lipinski definition) is 2. The summed E-state index contributed by atoms with van der Waals surface area (Å²) in [6, 6.07) is 0.379. The molecule has 2 aliphatic rings. The first-order valence-electron chi connectivity index (χ1n) is 6.58. The third-order valence-corrected chi connectivity index (χ3v) is 3.21. The third-order valence-electron chi connectivity index (χ3n) is 3.21. The smallest absolute Gasteiger partial charge is 0.317 e. The minimum absolute atomic E-state index is 0.0241. The van der Waals surface area contributed by atoms with Crippen LogP contribution in [0.25, 0.3) is 0 Å².